The van der Waals surface area contributed by atoms with E-state index in [9.17, 15) is 4.79 Å². The van der Waals surface area contributed by atoms with Gasteiger partial charge in [0.25, 0.3) is 5.56 Å². The number of nitrogens with one attached hydrogen (secondary N) is 1. The lowest BCUT2D eigenvalue weighted by Gasteiger charge is -2.20. The number of fused-ring (bicyclic) bond motifs is 1. The molecule has 0 spiro atoms. The van der Waals surface area contributed by atoms with Crippen LogP contribution in [0.5, 0.6) is 11.5 Å². The number of benzene rings is 2. The first-order valence-electron chi connectivity index (χ1n) is 9.38. The molecule has 28 heavy (non-hydrogen) atoms. The topological polar surface area (TPSA) is 67.5 Å². The summed E-state index contributed by atoms with van der Waals surface area (Å²) in [7, 11) is 3.12. The van der Waals surface area contributed by atoms with Gasteiger partial charge in [0.15, 0.2) is 11.5 Å². The first-order chi connectivity index (χ1) is 13.4. The van der Waals surface area contributed by atoms with Crippen molar-refractivity contribution in [2.45, 2.75) is 33.9 Å². The summed E-state index contributed by atoms with van der Waals surface area (Å²) in [6.45, 7) is 8.53. The largest absolute Gasteiger partial charge is 0.493 e. The number of aromatic amines is 1. The molecule has 0 saturated carbocycles. The van der Waals surface area contributed by atoms with Crippen molar-refractivity contribution in [2.24, 2.45) is 0 Å². The zero-order valence-electron chi connectivity index (χ0n) is 17.1. The van der Waals surface area contributed by atoms with E-state index in [0.717, 1.165) is 13.1 Å². The van der Waals surface area contributed by atoms with E-state index in [1.54, 1.807) is 26.4 Å². The number of rotatable bonds is 7. The molecule has 0 unspecified atom stereocenters. The van der Waals surface area contributed by atoms with Crippen LogP contribution in [0.4, 0.5) is 0 Å². The first kappa shape index (κ1) is 19.9. The Bertz CT molecular complexity index is 1020. The Balaban J connectivity index is 1.90. The lowest BCUT2D eigenvalue weighted by atomic mass is 10.1. The maximum Gasteiger partial charge on any atom is 0.258 e. The summed E-state index contributed by atoms with van der Waals surface area (Å²) in [5.74, 6) is 1.71. The van der Waals surface area contributed by atoms with Crippen LogP contribution in [0.1, 0.15) is 29.4 Å². The van der Waals surface area contributed by atoms with Crippen molar-refractivity contribution in [2.75, 3.05) is 20.8 Å². The van der Waals surface area contributed by atoms with E-state index in [1.165, 1.54) is 16.7 Å². The molecule has 3 aromatic rings. The van der Waals surface area contributed by atoms with Crippen LogP contribution in [0.15, 0.2) is 35.1 Å². The summed E-state index contributed by atoms with van der Waals surface area (Å²) in [5.41, 5.74) is 4.19. The molecule has 2 aromatic carbocycles. The Morgan fingerprint density at radius 1 is 0.964 bits per heavy atom. The number of hydrogen-bond acceptors (Lipinski definition) is 5. The number of hydrogen-bond donors (Lipinski definition) is 1. The van der Waals surface area contributed by atoms with Gasteiger partial charge in [-0.3, -0.25) is 9.69 Å². The van der Waals surface area contributed by atoms with E-state index >= 15 is 0 Å². The molecule has 6 nitrogen and oxygen atoms in total. The fraction of sp³-hybridized carbons (Fsp3) is 0.364. The molecule has 0 atom stereocenters. The Morgan fingerprint density at radius 2 is 1.61 bits per heavy atom. The molecule has 0 aliphatic rings. The van der Waals surface area contributed by atoms with Crippen LogP contribution in [0.2, 0.25) is 0 Å². The molecule has 0 saturated heterocycles. The molecule has 1 heterocycles. The minimum atomic E-state index is -0.177. The third-order valence-electron chi connectivity index (χ3n) is 4.77. The highest BCUT2D eigenvalue weighted by molar-refractivity contribution is 5.81. The highest BCUT2D eigenvalue weighted by Crippen LogP contribution is 2.30. The molecule has 3 rings (SSSR count). The molecular weight excluding hydrogens is 354 g/mol. The summed E-state index contributed by atoms with van der Waals surface area (Å²) in [5, 5.41) is 0.485. The van der Waals surface area contributed by atoms with Gasteiger partial charge in [0.05, 0.1) is 31.7 Å². The molecule has 0 amide bonds. The second kappa shape index (κ2) is 8.44. The fourth-order valence-corrected chi connectivity index (χ4v) is 3.50. The summed E-state index contributed by atoms with van der Waals surface area (Å²) >= 11 is 0. The van der Waals surface area contributed by atoms with Gasteiger partial charge in [-0.1, -0.05) is 36.2 Å². The number of methoxy groups -OCH3 is 2. The van der Waals surface area contributed by atoms with E-state index < -0.39 is 0 Å². The number of H-pyrrole nitrogens is 1. The minimum Gasteiger partial charge on any atom is -0.493 e. The fourth-order valence-electron chi connectivity index (χ4n) is 3.50. The first-order valence-corrected chi connectivity index (χ1v) is 9.38. The molecule has 0 radical (unpaired) electrons. The average molecular weight is 381 g/mol. The second-order valence-electron chi connectivity index (χ2n) is 7.04. The van der Waals surface area contributed by atoms with E-state index in [-0.39, 0.29) is 5.56 Å². The quantitative estimate of drug-likeness (QED) is 0.678. The second-order valence-corrected chi connectivity index (χ2v) is 7.04. The van der Waals surface area contributed by atoms with Crippen LogP contribution in [-0.4, -0.2) is 35.6 Å². The number of nitrogens with zero attached hydrogens (tertiary/aromatic N) is 2. The molecule has 1 N–H and O–H groups in total. The predicted molar refractivity (Wildman–Crippen MR) is 111 cm³/mol. The van der Waals surface area contributed by atoms with Crippen molar-refractivity contribution in [1.82, 2.24) is 14.9 Å². The van der Waals surface area contributed by atoms with Gasteiger partial charge in [-0.2, -0.15) is 0 Å². The highest BCUT2D eigenvalue weighted by atomic mass is 16.5. The van der Waals surface area contributed by atoms with Gasteiger partial charge in [-0.25, -0.2) is 4.98 Å². The zero-order valence-corrected chi connectivity index (χ0v) is 17.1. The number of aryl methyl sites for hydroxylation is 2. The van der Waals surface area contributed by atoms with Gasteiger partial charge in [-0.05, 0) is 32.0 Å². The van der Waals surface area contributed by atoms with E-state index in [2.05, 4.69) is 53.8 Å². The predicted octanol–water partition coefficient (Wildman–Crippen LogP) is 3.58. The Morgan fingerprint density at radius 3 is 2.21 bits per heavy atom. The molecule has 0 aliphatic heterocycles. The van der Waals surface area contributed by atoms with E-state index in [0.29, 0.717) is 34.8 Å². The molecule has 1 aromatic heterocycles. The Hall–Kier alpha value is -2.86. The van der Waals surface area contributed by atoms with E-state index in [4.69, 9.17) is 9.47 Å². The van der Waals surface area contributed by atoms with Crippen LogP contribution < -0.4 is 15.0 Å². The SMILES string of the molecule is CCN(Cc1cc(C)cc(C)c1)Cc1nc2cc(OC)c(OC)cc2c(=O)[nH]1. The van der Waals surface area contributed by atoms with Gasteiger partial charge in [-0.15, -0.1) is 0 Å². The van der Waals surface area contributed by atoms with Crippen molar-refractivity contribution in [3.63, 3.8) is 0 Å². The normalized spacial score (nSPS) is 11.2. The van der Waals surface area contributed by atoms with Gasteiger partial charge < -0.3 is 14.5 Å². The lowest BCUT2D eigenvalue weighted by Crippen LogP contribution is -2.25. The number of aromatic nitrogens is 2. The van der Waals surface area contributed by atoms with Crippen molar-refractivity contribution in [3.05, 3.63) is 63.2 Å². The van der Waals surface area contributed by atoms with Crippen LogP contribution in [0.25, 0.3) is 10.9 Å². The summed E-state index contributed by atoms with van der Waals surface area (Å²) in [6, 6.07) is 9.97. The number of ether oxygens (including phenoxy) is 2. The van der Waals surface area contributed by atoms with Crippen LogP contribution in [0, 0.1) is 13.8 Å². The smallest absolute Gasteiger partial charge is 0.258 e. The maximum atomic E-state index is 12.6. The van der Waals surface area contributed by atoms with E-state index in [1.807, 2.05) is 0 Å². The summed E-state index contributed by atoms with van der Waals surface area (Å²) in [4.78, 5) is 22.4. The molecule has 0 aliphatic carbocycles. The summed E-state index contributed by atoms with van der Waals surface area (Å²) in [6.07, 6.45) is 0. The summed E-state index contributed by atoms with van der Waals surface area (Å²) < 4.78 is 10.6. The maximum absolute atomic E-state index is 12.6. The van der Waals surface area contributed by atoms with Gasteiger partial charge in [0.1, 0.15) is 5.82 Å². The molecular formula is C22H27N3O3. The Kier molecular flexibility index (Phi) is 5.99. The van der Waals surface area contributed by atoms with Crippen LogP contribution in [-0.2, 0) is 13.1 Å². The third kappa shape index (κ3) is 4.34. The van der Waals surface area contributed by atoms with Crippen molar-refractivity contribution < 1.29 is 9.47 Å². The van der Waals surface area contributed by atoms with Gasteiger partial charge in [0, 0.05) is 12.6 Å². The zero-order chi connectivity index (χ0) is 20.3. The molecule has 148 valence electrons. The molecule has 0 bridgehead atoms. The van der Waals surface area contributed by atoms with Gasteiger partial charge >= 0.3 is 0 Å². The van der Waals surface area contributed by atoms with Crippen LogP contribution in [0.3, 0.4) is 0 Å². The molecule has 6 heteroatoms. The minimum absolute atomic E-state index is 0.177. The third-order valence-corrected chi connectivity index (χ3v) is 4.77. The van der Waals surface area contributed by atoms with Crippen molar-refractivity contribution in [3.8, 4) is 11.5 Å². The van der Waals surface area contributed by atoms with Gasteiger partial charge in [0.2, 0.25) is 0 Å². The van der Waals surface area contributed by atoms with Crippen molar-refractivity contribution >= 4 is 10.9 Å². The van der Waals surface area contributed by atoms with Crippen molar-refractivity contribution in [1.29, 1.82) is 0 Å². The highest BCUT2D eigenvalue weighted by Gasteiger charge is 2.13. The molecule has 0 fully saturated rings. The average Bonchev–Trinajstić information content (AvgIpc) is 2.65. The van der Waals surface area contributed by atoms with Crippen LogP contribution >= 0.6 is 0 Å². The Labute approximate surface area is 165 Å². The standard InChI is InChI=1S/C22H27N3O3/c1-6-25(12-16-8-14(2)7-15(3)9-16)13-21-23-18-11-20(28-5)19(27-4)10-17(18)22(26)24-21/h7-11H,6,12-13H2,1-5H3,(H,23,24,26). The monoisotopic (exact) mass is 381 g/mol. The lowest BCUT2D eigenvalue weighted by molar-refractivity contribution is 0.264.